The summed E-state index contributed by atoms with van der Waals surface area (Å²) in [6.45, 7) is 1.60. The van der Waals surface area contributed by atoms with Gasteiger partial charge in [0.15, 0.2) is 17.1 Å². The summed E-state index contributed by atoms with van der Waals surface area (Å²) in [7, 11) is 3.16. The van der Waals surface area contributed by atoms with E-state index in [-0.39, 0.29) is 12.5 Å². The molecule has 2 aromatic rings. The maximum Gasteiger partial charge on any atom is 0.256 e. The summed E-state index contributed by atoms with van der Waals surface area (Å²) in [6, 6.07) is 9.23. The first-order chi connectivity index (χ1) is 13.1. The van der Waals surface area contributed by atoms with Crippen LogP contribution >= 0.6 is 0 Å². The van der Waals surface area contributed by atoms with E-state index >= 15 is 0 Å². The van der Waals surface area contributed by atoms with E-state index in [1.807, 2.05) is 24.3 Å². The third kappa shape index (κ3) is 4.26. The second kappa shape index (κ2) is 8.45. The molecule has 0 saturated carbocycles. The first-order valence-corrected chi connectivity index (χ1v) is 9.02. The van der Waals surface area contributed by atoms with Crippen LogP contribution in [0.5, 0.6) is 11.5 Å². The minimum absolute atomic E-state index is 0.179. The van der Waals surface area contributed by atoms with Crippen molar-refractivity contribution in [2.45, 2.75) is 31.5 Å². The smallest absolute Gasteiger partial charge is 0.256 e. The van der Waals surface area contributed by atoms with E-state index in [0.29, 0.717) is 37.6 Å². The molecule has 3 rings (SSSR count). The second-order valence-electron chi connectivity index (χ2n) is 6.70. The van der Waals surface area contributed by atoms with Crippen LogP contribution < -0.4 is 14.8 Å². The molecule has 1 aliphatic heterocycles. The number of hydrogen-bond donors (Lipinski definition) is 2. The van der Waals surface area contributed by atoms with Gasteiger partial charge in [0, 0.05) is 25.2 Å². The Balaban J connectivity index is 1.67. The molecule has 1 atom stereocenters. The summed E-state index contributed by atoms with van der Waals surface area (Å²) in [5.41, 5.74) is -0.574. The molecular weight excluding hydrogens is 348 g/mol. The highest BCUT2D eigenvalue weighted by atomic mass is 16.5. The average Bonchev–Trinajstić information content (AvgIpc) is 3.19. The highest BCUT2D eigenvalue weighted by molar-refractivity contribution is 5.86. The Morgan fingerprint density at radius 1 is 1.26 bits per heavy atom. The zero-order chi connectivity index (χ0) is 19.3. The normalized spacial score (nSPS) is 20.0. The molecule has 0 aliphatic carbocycles. The van der Waals surface area contributed by atoms with Crippen LogP contribution in [0.25, 0.3) is 0 Å². The Labute approximate surface area is 158 Å². The average molecular weight is 374 g/mol. The van der Waals surface area contributed by atoms with Gasteiger partial charge in [-0.25, -0.2) is 0 Å². The van der Waals surface area contributed by atoms with Crippen LogP contribution in [0.3, 0.4) is 0 Å². The Morgan fingerprint density at radius 3 is 2.81 bits per heavy atom. The van der Waals surface area contributed by atoms with Crippen molar-refractivity contribution in [2.75, 3.05) is 27.3 Å². The summed E-state index contributed by atoms with van der Waals surface area (Å²) in [5.74, 6) is 1.72. The molecule has 1 aromatic carbocycles. The molecule has 7 heteroatoms. The maximum atomic E-state index is 12.9. The maximum absolute atomic E-state index is 12.9. The Morgan fingerprint density at radius 2 is 2.11 bits per heavy atom. The molecule has 2 heterocycles. The van der Waals surface area contributed by atoms with Crippen LogP contribution in [0, 0.1) is 0 Å². The monoisotopic (exact) mass is 374 g/mol. The molecule has 1 fully saturated rings. The number of carbonyl (C=O) groups is 1. The largest absolute Gasteiger partial charge is 0.493 e. The van der Waals surface area contributed by atoms with Gasteiger partial charge in [-0.05, 0) is 31.0 Å². The fourth-order valence-corrected chi connectivity index (χ4v) is 3.47. The molecule has 27 heavy (non-hydrogen) atoms. The van der Waals surface area contributed by atoms with Crippen molar-refractivity contribution in [2.24, 2.45) is 0 Å². The predicted molar refractivity (Wildman–Crippen MR) is 99.6 cm³/mol. The van der Waals surface area contributed by atoms with Crippen molar-refractivity contribution in [3.8, 4) is 11.5 Å². The number of hydrogen-bond acceptors (Lipinski definition) is 6. The number of nitrogens with one attached hydrogen (secondary N) is 1. The molecule has 0 bridgehead atoms. The van der Waals surface area contributed by atoms with Crippen molar-refractivity contribution in [1.82, 2.24) is 10.2 Å². The number of piperidine rings is 1. The van der Waals surface area contributed by atoms with E-state index in [0.717, 1.165) is 17.7 Å². The zero-order valence-corrected chi connectivity index (χ0v) is 15.7. The number of methoxy groups -OCH3 is 2. The number of rotatable bonds is 8. The molecular formula is C20H26N2O5. The van der Waals surface area contributed by atoms with Crippen molar-refractivity contribution < 1.29 is 23.8 Å². The lowest BCUT2D eigenvalue weighted by atomic mass is 9.91. The van der Waals surface area contributed by atoms with Crippen molar-refractivity contribution >= 4 is 5.91 Å². The van der Waals surface area contributed by atoms with Crippen LogP contribution in [0.4, 0.5) is 0 Å². The van der Waals surface area contributed by atoms with Gasteiger partial charge < -0.3 is 29.2 Å². The minimum Gasteiger partial charge on any atom is -0.493 e. The first-order valence-electron chi connectivity index (χ1n) is 9.02. The van der Waals surface area contributed by atoms with E-state index in [1.54, 1.807) is 31.4 Å². The number of para-hydroxylation sites is 1. The number of furan rings is 1. The van der Waals surface area contributed by atoms with Gasteiger partial charge in [-0.2, -0.15) is 0 Å². The fraction of sp³-hybridized carbons (Fsp3) is 0.450. The minimum atomic E-state index is -1.42. The number of carbonyl (C=O) groups excluding carboxylic acids is 1. The van der Waals surface area contributed by atoms with Gasteiger partial charge in [0.05, 0.1) is 27.0 Å². The lowest BCUT2D eigenvalue weighted by Crippen LogP contribution is -2.57. The van der Waals surface area contributed by atoms with Crippen LogP contribution in [0.2, 0.25) is 0 Å². The van der Waals surface area contributed by atoms with E-state index in [4.69, 9.17) is 13.9 Å². The number of aliphatic hydroxyl groups is 1. The van der Waals surface area contributed by atoms with Gasteiger partial charge >= 0.3 is 0 Å². The number of benzene rings is 1. The quantitative estimate of drug-likeness (QED) is 0.735. The van der Waals surface area contributed by atoms with Gasteiger partial charge in [-0.1, -0.05) is 12.1 Å². The highest BCUT2D eigenvalue weighted by Crippen LogP contribution is 2.33. The van der Waals surface area contributed by atoms with E-state index < -0.39 is 5.60 Å². The van der Waals surface area contributed by atoms with Gasteiger partial charge in [-0.15, -0.1) is 0 Å². The number of nitrogens with zero attached hydrogens (tertiary/aromatic N) is 1. The SMILES string of the molecule is COc1cccc(CN2CCC[C@@](O)(CNCc3ccco3)C2=O)c1OC. The van der Waals surface area contributed by atoms with E-state index in [2.05, 4.69) is 5.32 Å². The third-order valence-electron chi connectivity index (χ3n) is 4.85. The topological polar surface area (TPSA) is 84.2 Å². The van der Waals surface area contributed by atoms with Gasteiger partial charge in [0.25, 0.3) is 5.91 Å². The van der Waals surface area contributed by atoms with Crippen molar-refractivity contribution in [1.29, 1.82) is 0 Å². The van der Waals surface area contributed by atoms with E-state index in [1.165, 1.54) is 0 Å². The Kier molecular flexibility index (Phi) is 6.03. The Hall–Kier alpha value is -2.51. The summed E-state index contributed by atoms with van der Waals surface area (Å²) >= 11 is 0. The summed E-state index contributed by atoms with van der Waals surface area (Å²) in [6.07, 6.45) is 2.76. The molecule has 1 aromatic heterocycles. The Bertz CT molecular complexity index is 762. The standard InChI is InChI=1S/C20H26N2O5/c1-25-17-8-3-6-15(18(17)26-2)13-22-10-5-9-20(24,19(22)23)14-21-12-16-7-4-11-27-16/h3-4,6-8,11,21,24H,5,9-10,12-14H2,1-2H3/t20-/m1/s1. The molecule has 1 amide bonds. The second-order valence-corrected chi connectivity index (χ2v) is 6.70. The lowest BCUT2D eigenvalue weighted by molar-refractivity contribution is -0.157. The third-order valence-corrected chi connectivity index (χ3v) is 4.85. The summed E-state index contributed by atoms with van der Waals surface area (Å²) in [4.78, 5) is 14.6. The summed E-state index contributed by atoms with van der Waals surface area (Å²) in [5, 5.41) is 14.0. The number of ether oxygens (including phenoxy) is 2. The summed E-state index contributed by atoms with van der Waals surface area (Å²) < 4.78 is 16.0. The predicted octanol–water partition coefficient (Wildman–Crippen LogP) is 1.94. The molecule has 0 unspecified atom stereocenters. The number of amides is 1. The fourth-order valence-electron chi connectivity index (χ4n) is 3.47. The van der Waals surface area contributed by atoms with Gasteiger partial charge in [0.2, 0.25) is 0 Å². The van der Waals surface area contributed by atoms with Crippen molar-refractivity contribution in [3.05, 3.63) is 47.9 Å². The molecule has 146 valence electrons. The van der Waals surface area contributed by atoms with E-state index in [9.17, 15) is 9.90 Å². The van der Waals surface area contributed by atoms with Crippen LogP contribution in [0.15, 0.2) is 41.0 Å². The molecule has 0 spiro atoms. The molecule has 1 aliphatic rings. The van der Waals surface area contributed by atoms with Crippen LogP contribution in [0.1, 0.15) is 24.2 Å². The van der Waals surface area contributed by atoms with Crippen LogP contribution in [-0.4, -0.2) is 48.8 Å². The first kappa shape index (κ1) is 19.3. The number of likely N-dealkylation sites (tertiary alicyclic amines) is 1. The lowest BCUT2D eigenvalue weighted by Gasteiger charge is -2.38. The van der Waals surface area contributed by atoms with Gasteiger partial charge in [-0.3, -0.25) is 4.79 Å². The molecule has 0 radical (unpaired) electrons. The molecule has 7 nitrogen and oxygen atoms in total. The highest BCUT2D eigenvalue weighted by Gasteiger charge is 2.42. The zero-order valence-electron chi connectivity index (χ0n) is 15.7. The van der Waals surface area contributed by atoms with Crippen molar-refractivity contribution in [3.63, 3.8) is 0 Å². The van der Waals surface area contributed by atoms with Crippen LogP contribution in [-0.2, 0) is 17.9 Å². The van der Waals surface area contributed by atoms with Gasteiger partial charge in [0.1, 0.15) is 5.76 Å². The molecule has 1 saturated heterocycles. The molecule has 2 N–H and O–H groups in total.